The van der Waals surface area contributed by atoms with Crippen molar-refractivity contribution < 1.29 is 14.3 Å². The second-order valence-corrected chi connectivity index (χ2v) is 6.00. The molecule has 0 bridgehead atoms. The number of para-hydroxylation sites is 1. The zero-order valence-electron chi connectivity index (χ0n) is 15.1. The molecule has 3 aromatic rings. The van der Waals surface area contributed by atoms with E-state index in [-0.39, 0.29) is 24.1 Å². The van der Waals surface area contributed by atoms with E-state index < -0.39 is 0 Å². The van der Waals surface area contributed by atoms with Crippen molar-refractivity contribution in [2.45, 2.75) is 13.5 Å². The van der Waals surface area contributed by atoms with Crippen molar-refractivity contribution in [2.24, 2.45) is 5.16 Å². The van der Waals surface area contributed by atoms with Crippen LogP contribution in [0.15, 0.2) is 71.9 Å². The fraction of sp³-hybridized carbons (Fsp3) is 0.143. The summed E-state index contributed by atoms with van der Waals surface area (Å²) in [6.45, 7) is 1.85. The van der Waals surface area contributed by atoms with Gasteiger partial charge in [0.15, 0.2) is 5.84 Å². The van der Waals surface area contributed by atoms with E-state index in [1.165, 1.54) is 6.07 Å². The molecule has 0 fully saturated rings. The van der Waals surface area contributed by atoms with Crippen molar-refractivity contribution in [1.82, 2.24) is 4.98 Å². The number of rotatable bonds is 5. The topological polar surface area (TPSA) is 58.0 Å². The third kappa shape index (κ3) is 4.23. The van der Waals surface area contributed by atoms with Crippen LogP contribution in [-0.4, -0.2) is 23.1 Å². The van der Waals surface area contributed by atoms with Crippen molar-refractivity contribution in [3.63, 3.8) is 0 Å². The van der Waals surface area contributed by atoms with E-state index in [0.717, 1.165) is 11.4 Å². The first-order valence-electron chi connectivity index (χ1n) is 8.45. The highest BCUT2D eigenvalue weighted by atomic mass is 19.1. The van der Waals surface area contributed by atoms with Gasteiger partial charge in [-0.1, -0.05) is 41.6 Å². The first kappa shape index (κ1) is 18.4. The Morgan fingerprint density at radius 1 is 1.07 bits per heavy atom. The van der Waals surface area contributed by atoms with Gasteiger partial charge in [0, 0.05) is 24.0 Å². The SMILES string of the molecule is Cc1ccc(/C(=N/O)N(C)c2ccccc2)c(OCc2ccccc2F)n1. The molecular formula is C21H20FN3O2. The van der Waals surface area contributed by atoms with Crippen LogP contribution < -0.4 is 9.64 Å². The maximum absolute atomic E-state index is 13.9. The molecule has 1 heterocycles. The molecule has 27 heavy (non-hydrogen) atoms. The number of nitrogens with zero attached hydrogens (tertiary/aromatic N) is 3. The number of benzene rings is 2. The summed E-state index contributed by atoms with van der Waals surface area (Å²) in [6.07, 6.45) is 0. The Balaban J connectivity index is 1.92. The van der Waals surface area contributed by atoms with Crippen LogP contribution in [0.1, 0.15) is 16.8 Å². The monoisotopic (exact) mass is 365 g/mol. The maximum atomic E-state index is 13.9. The van der Waals surface area contributed by atoms with Crippen LogP contribution in [0.25, 0.3) is 0 Å². The Kier molecular flexibility index (Phi) is 5.66. The van der Waals surface area contributed by atoms with Crippen LogP contribution in [0.5, 0.6) is 5.88 Å². The molecule has 0 amide bonds. The molecule has 0 atom stereocenters. The Morgan fingerprint density at radius 2 is 1.78 bits per heavy atom. The summed E-state index contributed by atoms with van der Waals surface area (Å²) in [5.74, 6) is 0.204. The van der Waals surface area contributed by atoms with Crippen LogP contribution in [0.4, 0.5) is 10.1 Å². The molecule has 6 heteroatoms. The number of halogens is 1. The summed E-state index contributed by atoms with van der Waals surface area (Å²) in [7, 11) is 1.78. The Labute approximate surface area is 157 Å². The van der Waals surface area contributed by atoms with Crippen LogP contribution in [0.3, 0.4) is 0 Å². The molecule has 3 rings (SSSR count). The molecule has 0 aliphatic heterocycles. The lowest BCUT2D eigenvalue weighted by molar-refractivity contribution is 0.285. The standard InChI is InChI=1S/C21H20FN3O2/c1-15-12-13-18(20(24-26)25(2)17-9-4-3-5-10-17)21(23-15)27-14-16-8-6-7-11-19(16)22/h3-13,26H,14H2,1-2H3/b24-20-. The zero-order chi connectivity index (χ0) is 19.2. The van der Waals surface area contributed by atoms with Crippen LogP contribution in [-0.2, 0) is 6.61 Å². The van der Waals surface area contributed by atoms with Crippen molar-refractivity contribution in [2.75, 3.05) is 11.9 Å². The molecule has 138 valence electrons. The molecule has 1 N–H and O–H groups in total. The molecule has 0 unspecified atom stereocenters. The van der Waals surface area contributed by atoms with Gasteiger partial charge in [0.2, 0.25) is 5.88 Å². The summed E-state index contributed by atoms with van der Waals surface area (Å²) < 4.78 is 19.7. The molecular weight excluding hydrogens is 345 g/mol. The molecule has 0 aliphatic rings. The summed E-state index contributed by atoms with van der Waals surface area (Å²) in [4.78, 5) is 6.12. The minimum Gasteiger partial charge on any atom is -0.472 e. The quantitative estimate of drug-likeness (QED) is 0.315. The number of aryl methyl sites for hydroxylation is 1. The lowest BCUT2D eigenvalue weighted by Crippen LogP contribution is -2.28. The van der Waals surface area contributed by atoms with E-state index in [4.69, 9.17) is 4.74 Å². The number of pyridine rings is 1. The third-order valence-electron chi connectivity index (χ3n) is 4.12. The lowest BCUT2D eigenvalue weighted by atomic mass is 10.2. The average molecular weight is 365 g/mol. The predicted octanol–water partition coefficient (Wildman–Crippen LogP) is 4.38. The minimum absolute atomic E-state index is 0.0177. The van der Waals surface area contributed by atoms with Gasteiger partial charge in [-0.2, -0.15) is 0 Å². The van der Waals surface area contributed by atoms with Crippen molar-refractivity contribution in [3.8, 4) is 5.88 Å². The fourth-order valence-corrected chi connectivity index (χ4v) is 2.65. The number of anilines is 1. The summed E-state index contributed by atoms with van der Waals surface area (Å²) in [6, 6.07) is 19.5. The summed E-state index contributed by atoms with van der Waals surface area (Å²) >= 11 is 0. The molecule has 2 aromatic carbocycles. The number of ether oxygens (including phenoxy) is 1. The fourth-order valence-electron chi connectivity index (χ4n) is 2.65. The van der Waals surface area contributed by atoms with Gasteiger partial charge < -0.3 is 14.8 Å². The molecule has 0 aliphatic carbocycles. The van der Waals surface area contributed by atoms with Gasteiger partial charge in [0.25, 0.3) is 0 Å². The lowest BCUT2D eigenvalue weighted by Gasteiger charge is -2.21. The van der Waals surface area contributed by atoms with E-state index in [0.29, 0.717) is 11.1 Å². The third-order valence-corrected chi connectivity index (χ3v) is 4.12. The summed E-state index contributed by atoms with van der Waals surface area (Å²) in [5.41, 5.74) is 2.50. The van der Waals surface area contributed by atoms with Gasteiger partial charge in [0.1, 0.15) is 12.4 Å². The average Bonchev–Trinajstić information content (AvgIpc) is 2.70. The van der Waals surface area contributed by atoms with Gasteiger partial charge in [-0.05, 0) is 37.3 Å². The smallest absolute Gasteiger partial charge is 0.225 e. The van der Waals surface area contributed by atoms with Crippen LogP contribution >= 0.6 is 0 Å². The van der Waals surface area contributed by atoms with E-state index >= 15 is 0 Å². The molecule has 1 aromatic heterocycles. The van der Waals surface area contributed by atoms with Crippen LogP contribution in [0.2, 0.25) is 0 Å². The van der Waals surface area contributed by atoms with E-state index in [1.54, 1.807) is 42.3 Å². The van der Waals surface area contributed by atoms with Gasteiger partial charge in [-0.25, -0.2) is 9.37 Å². The first-order valence-corrected chi connectivity index (χ1v) is 8.45. The van der Waals surface area contributed by atoms with Gasteiger partial charge >= 0.3 is 0 Å². The van der Waals surface area contributed by atoms with E-state index in [2.05, 4.69) is 10.1 Å². The zero-order valence-corrected chi connectivity index (χ0v) is 15.1. The Morgan fingerprint density at radius 3 is 2.48 bits per heavy atom. The van der Waals surface area contributed by atoms with Crippen molar-refractivity contribution >= 4 is 11.5 Å². The molecule has 0 saturated carbocycles. The number of hydrogen-bond acceptors (Lipinski definition) is 4. The van der Waals surface area contributed by atoms with E-state index in [9.17, 15) is 9.60 Å². The number of oxime groups is 1. The highest BCUT2D eigenvalue weighted by Gasteiger charge is 2.19. The van der Waals surface area contributed by atoms with Gasteiger partial charge in [-0.15, -0.1) is 0 Å². The van der Waals surface area contributed by atoms with Gasteiger partial charge in [0.05, 0.1) is 5.56 Å². The normalized spacial score (nSPS) is 11.3. The van der Waals surface area contributed by atoms with Gasteiger partial charge in [-0.3, -0.25) is 0 Å². The minimum atomic E-state index is -0.343. The highest BCUT2D eigenvalue weighted by molar-refractivity contribution is 6.10. The second kappa shape index (κ2) is 8.31. The maximum Gasteiger partial charge on any atom is 0.225 e. The molecule has 0 saturated heterocycles. The first-order chi connectivity index (χ1) is 13.1. The predicted molar refractivity (Wildman–Crippen MR) is 103 cm³/mol. The highest BCUT2D eigenvalue weighted by Crippen LogP contribution is 2.23. The molecule has 0 spiro atoms. The second-order valence-electron chi connectivity index (χ2n) is 6.00. The largest absolute Gasteiger partial charge is 0.472 e. The van der Waals surface area contributed by atoms with Crippen molar-refractivity contribution in [3.05, 3.63) is 89.4 Å². The Bertz CT molecular complexity index is 945. The number of aromatic nitrogens is 1. The Hall–Kier alpha value is -3.41. The van der Waals surface area contributed by atoms with Crippen LogP contribution in [0, 0.1) is 12.7 Å². The van der Waals surface area contributed by atoms with E-state index in [1.807, 2.05) is 37.3 Å². The summed E-state index contributed by atoms with van der Waals surface area (Å²) in [5, 5.41) is 13.1. The number of hydrogen-bond donors (Lipinski definition) is 1. The number of amidine groups is 1. The van der Waals surface area contributed by atoms with Crippen molar-refractivity contribution in [1.29, 1.82) is 0 Å². The molecule has 0 radical (unpaired) electrons. The molecule has 5 nitrogen and oxygen atoms in total.